The van der Waals surface area contributed by atoms with Gasteiger partial charge in [-0.15, -0.1) is 0 Å². The number of carbonyl (C=O) groups is 1. The lowest BCUT2D eigenvalue weighted by Crippen LogP contribution is -2.46. The molecule has 0 aromatic carbocycles. The molecule has 2 atom stereocenters. The van der Waals surface area contributed by atoms with Gasteiger partial charge in [-0.25, -0.2) is 4.79 Å². The van der Waals surface area contributed by atoms with Gasteiger partial charge in [-0.1, -0.05) is 6.92 Å². The van der Waals surface area contributed by atoms with E-state index in [0.29, 0.717) is 12.6 Å². The van der Waals surface area contributed by atoms with Gasteiger partial charge in [0.25, 0.3) is 0 Å². The zero-order valence-corrected chi connectivity index (χ0v) is 15.2. The van der Waals surface area contributed by atoms with Crippen LogP contribution in [0.25, 0.3) is 0 Å². The van der Waals surface area contributed by atoms with Gasteiger partial charge in [-0.05, 0) is 71.6 Å². The molecule has 0 aromatic rings. The summed E-state index contributed by atoms with van der Waals surface area (Å²) in [4.78, 5) is 11.8. The number of ether oxygens (including phenoxy) is 1. The Bertz CT molecular complexity index is 398. The highest BCUT2D eigenvalue weighted by Gasteiger charge is 2.34. The van der Waals surface area contributed by atoms with Crippen LogP contribution >= 0.6 is 0 Å². The molecule has 0 spiro atoms. The van der Waals surface area contributed by atoms with E-state index in [4.69, 9.17) is 4.74 Å². The molecule has 23 heavy (non-hydrogen) atoms. The number of alkyl carbamates (subject to hydrolysis) is 1. The van der Waals surface area contributed by atoms with Crippen LogP contribution < -0.4 is 10.6 Å². The second kappa shape index (κ2) is 7.39. The van der Waals surface area contributed by atoms with Crippen molar-refractivity contribution >= 4 is 6.09 Å². The Morgan fingerprint density at radius 3 is 2.39 bits per heavy atom. The van der Waals surface area contributed by atoms with Crippen molar-refractivity contribution < 1.29 is 14.6 Å². The molecular weight excluding hydrogens is 292 g/mol. The lowest BCUT2D eigenvalue weighted by atomic mass is 9.79. The maximum Gasteiger partial charge on any atom is 0.407 e. The molecule has 134 valence electrons. The monoisotopic (exact) mass is 326 g/mol. The Balaban J connectivity index is 1.68. The molecule has 5 heteroatoms. The molecule has 0 radical (unpaired) electrons. The quantitative estimate of drug-likeness (QED) is 0.743. The molecule has 0 aliphatic heterocycles. The smallest absolute Gasteiger partial charge is 0.407 e. The molecule has 2 saturated carbocycles. The van der Waals surface area contributed by atoms with Crippen molar-refractivity contribution in [2.75, 3.05) is 6.54 Å². The molecule has 5 nitrogen and oxygen atoms in total. The van der Waals surface area contributed by atoms with Crippen LogP contribution in [0.1, 0.15) is 72.6 Å². The zero-order chi connectivity index (χ0) is 17.1. The van der Waals surface area contributed by atoms with Gasteiger partial charge < -0.3 is 20.5 Å². The van der Waals surface area contributed by atoms with Crippen molar-refractivity contribution in [1.82, 2.24) is 10.6 Å². The van der Waals surface area contributed by atoms with E-state index in [-0.39, 0.29) is 12.1 Å². The van der Waals surface area contributed by atoms with Crippen LogP contribution in [0.15, 0.2) is 0 Å². The summed E-state index contributed by atoms with van der Waals surface area (Å²) < 4.78 is 5.31. The molecule has 0 bridgehead atoms. The summed E-state index contributed by atoms with van der Waals surface area (Å²) in [7, 11) is 0. The second-order valence-electron chi connectivity index (χ2n) is 8.64. The summed E-state index contributed by atoms with van der Waals surface area (Å²) in [6.07, 6.45) is 6.60. The molecule has 0 aromatic heterocycles. The standard InChI is InChI=1S/C18H34N2O3/c1-13-7-9-18(22,10-8-13)12-19-14-5-6-15(11-14)20-16(21)23-17(2,3)4/h13-15,19,22H,5-12H2,1-4H3,(H,20,21). The summed E-state index contributed by atoms with van der Waals surface area (Å²) in [5.41, 5.74) is -0.995. The third-order valence-electron chi connectivity index (χ3n) is 5.08. The third kappa shape index (κ3) is 6.30. The molecule has 1 amide bonds. The van der Waals surface area contributed by atoms with Crippen LogP contribution in [0, 0.1) is 5.92 Å². The van der Waals surface area contributed by atoms with Crippen LogP contribution in [-0.4, -0.2) is 41.0 Å². The lowest BCUT2D eigenvalue weighted by Gasteiger charge is -2.36. The molecule has 2 aliphatic rings. The Labute approximate surface area is 140 Å². The number of nitrogens with one attached hydrogen (secondary N) is 2. The number of aliphatic hydroxyl groups is 1. The Kier molecular flexibility index (Phi) is 5.95. The van der Waals surface area contributed by atoms with Crippen molar-refractivity contribution in [3.05, 3.63) is 0 Å². The highest BCUT2D eigenvalue weighted by molar-refractivity contribution is 5.68. The zero-order valence-electron chi connectivity index (χ0n) is 15.2. The molecule has 3 N–H and O–H groups in total. The minimum absolute atomic E-state index is 0.170. The van der Waals surface area contributed by atoms with Gasteiger partial charge in [0.2, 0.25) is 0 Å². The number of rotatable bonds is 4. The summed E-state index contributed by atoms with van der Waals surface area (Å²) in [5, 5.41) is 17.1. The summed E-state index contributed by atoms with van der Waals surface area (Å²) in [6.45, 7) is 8.55. The van der Waals surface area contributed by atoms with Crippen LogP contribution in [0.3, 0.4) is 0 Å². The average Bonchev–Trinajstić information content (AvgIpc) is 2.86. The Morgan fingerprint density at radius 1 is 1.17 bits per heavy atom. The molecule has 2 aliphatic carbocycles. The molecule has 2 unspecified atom stereocenters. The van der Waals surface area contributed by atoms with Gasteiger partial charge in [-0.2, -0.15) is 0 Å². The fraction of sp³-hybridized carbons (Fsp3) is 0.944. The van der Waals surface area contributed by atoms with E-state index in [2.05, 4.69) is 17.6 Å². The number of hydrogen-bond donors (Lipinski definition) is 3. The number of amides is 1. The predicted molar refractivity (Wildman–Crippen MR) is 91.4 cm³/mol. The molecule has 2 rings (SSSR count). The van der Waals surface area contributed by atoms with E-state index in [1.165, 1.54) is 0 Å². The van der Waals surface area contributed by atoms with Crippen molar-refractivity contribution in [2.45, 2.75) is 95.9 Å². The first-order valence-corrected chi connectivity index (χ1v) is 9.10. The van der Waals surface area contributed by atoms with Gasteiger partial charge in [0.1, 0.15) is 5.60 Å². The van der Waals surface area contributed by atoms with Gasteiger partial charge in [-0.3, -0.25) is 0 Å². The number of carbonyl (C=O) groups excluding carboxylic acids is 1. The lowest BCUT2D eigenvalue weighted by molar-refractivity contribution is -0.00810. The summed E-state index contributed by atoms with van der Waals surface area (Å²) >= 11 is 0. The third-order valence-corrected chi connectivity index (χ3v) is 5.08. The molecular formula is C18H34N2O3. The highest BCUT2D eigenvalue weighted by Crippen LogP contribution is 2.31. The van der Waals surface area contributed by atoms with Crippen molar-refractivity contribution in [3.63, 3.8) is 0 Å². The Hall–Kier alpha value is -0.810. The SMILES string of the molecule is CC1CCC(O)(CNC2CCC(NC(=O)OC(C)(C)C)C2)CC1. The topological polar surface area (TPSA) is 70.6 Å². The van der Waals surface area contributed by atoms with E-state index in [0.717, 1.165) is 50.9 Å². The summed E-state index contributed by atoms with van der Waals surface area (Å²) in [5.74, 6) is 0.740. The van der Waals surface area contributed by atoms with Gasteiger partial charge >= 0.3 is 6.09 Å². The maximum absolute atomic E-state index is 11.8. The largest absolute Gasteiger partial charge is 0.444 e. The van der Waals surface area contributed by atoms with Gasteiger partial charge in [0.15, 0.2) is 0 Å². The van der Waals surface area contributed by atoms with Gasteiger partial charge in [0.05, 0.1) is 5.60 Å². The van der Waals surface area contributed by atoms with Crippen LogP contribution in [0.2, 0.25) is 0 Å². The number of hydrogen-bond acceptors (Lipinski definition) is 4. The second-order valence-corrected chi connectivity index (χ2v) is 8.64. The van der Waals surface area contributed by atoms with Gasteiger partial charge in [0, 0.05) is 18.6 Å². The first-order chi connectivity index (χ1) is 10.7. The van der Waals surface area contributed by atoms with Crippen molar-refractivity contribution in [2.24, 2.45) is 5.92 Å². The van der Waals surface area contributed by atoms with Crippen molar-refractivity contribution in [3.8, 4) is 0 Å². The van der Waals surface area contributed by atoms with Crippen molar-refractivity contribution in [1.29, 1.82) is 0 Å². The van der Waals surface area contributed by atoms with Crippen LogP contribution in [-0.2, 0) is 4.74 Å². The minimum Gasteiger partial charge on any atom is -0.444 e. The van der Waals surface area contributed by atoms with Crippen LogP contribution in [0.4, 0.5) is 4.79 Å². The fourth-order valence-electron chi connectivity index (χ4n) is 3.58. The average molecular weight is 326 g/mol. The highest BCUT2D eigenvalue weighted by atomic mass is 16.6. The first kappa shape index (κ1) is 18.5. The molecule has 0 saturated heterocycles. The van der Waals surface area contributed by atoms with E-state index in [1.807, 2.05) is 20.8 Å². The van der Waals surface area contributed by atoms with E-state index in [1.54, 1.807) is 0 Å². The maximum atomic E-state index is 11.8. The Morgan fingerprint density at radius 2 is 1.78 bits per heavy atom. The minimum atomic E-state index is -0.539. The van der Waals surface area contributed by atoms with E-state index in [9.17, 15) is 9.90 Å². The van der Waals surface area contributed by atoms with E-state index < -0.39 is 11.2 Å². The predicted octanol–water partition coefficient (Wildman–Crippen LogP) is 2.96. The molecule has 0 heterocycles. The first-order valence-electron chi connectivity index (χ1n) is 9.10. The van der Waals surface area contributed by atoms with Crippen LogP contribution in [0.5, 0.6) is 0 Å². The summed E-state index contributed by atoms with van der Waals surface area (Å²) in [6, 6.07) is 0.543. The molecule has 2 fully saturated rings. The fourth-order valence-corrected chi connectivity index (χ4v) is 3.58. The normalized spacial score (nSPS) is 35.1. The van der Waals surface area contributed by atoms with E-state index >= 15 is 0 Å².